The quantitative estimate of drug-likeness (QED) is 0.506. The summed E-state index contributed by atoms with van der Waals surface area (Å²) in [5.74, 6) is 0.404. The molecule has 1 saturated carbocycles. The van der Waals surface area contributed by atoms with E-state index in [1.54, 1.807) is 0 Å². The van der Waals surface area contributed by atoms with Gasteiger partial charge in [0.15, 0.2) is 6.36 Å². The Labute approximate surface area is 180 Å². The predicted octanol–water partition coefficient (Wildman–Crippen LogP) is 6.01. The highest BCUT2D eigenvalue weighted by molar-refractivity contribution is 9.10. The first-order valence-corrected chi connectivity index (χ1v) is 11.9. The summed E-state index contributed by atoms with van der Waals surface area (Å²) in [5, 5.41) is 0. The summed E-state index contributed by atoms with van der Waals surface area (Å²) in [6, 6.07) is 6.30. The normalized spacial score (nSPS) is 33.9. The molecule has 1 spiro atoms. The van der Waals surface area contributed by atoms with Crippen LogP contribution < -0.4 is 0 Å². The molecule has 0 saturated heterocycles. The third-order valence-corrected chi connectivity index (χ3v) is 7.84. The monoisotopic (exact) mass is 471 g/mol. The van der Waals surface area contributed by atoms with Gasteiger partial charge in [-0.05, 0) is 76.5 Å². The molecule has 0 amide bonds. The number of ether oxygens (including phenoxy) is 1. The van der Waals surface area contributed by atoms with E-state index in [1.165, 1.54) is 12.5 Å². The van der Waals surface area contributed by atoms with E-state index in [4.69, 9.17) is 9.13 Å². The summed E-state index contributed by atoms with van der Waals surface area (Å²) in [5.41, 5.74) is 3.15. The molecular weight excluding hydrogens is 441 g/mol. The maximum Gasteiger partial charge on any atom is 0.196 e. The van der Waals surface area contributed by atoms with Gasteiger partial charge in [0, 0.05) is 15.5 Å². The fraction of sp³-hybridized carbons (Fsp3) is 0.682. The average molecular weight is 472 g/mol. The van der Waals surface area contributed by atoms with Crippen molar-refractivity contribution in [1.82, 2.24) is 0 Å². The summed E-state index contributed by atoms with van der Waals surface area (Å²) in [7, 11) is 0. The van der Waals surface area contributed by atoms with Crippen LogP contribution >= 0.6 is 15.9 Å². The third kappa shape index (κ3) is 4.35. The van der Waals surface area contributed by atoms with Gasteiger partial charge in [-0.2, -0.15) is 0 Å². The molecule has 1 aromatic carbocycles. The number of benzene rings is 1. The Morgan fingerprint density at radius 2 is 1.89 bits per heavy atom. The molecule has 3 rings (SSSR count). The van der Waals surface area contributed by atoms with E-state index in [0.717, 1.165) is 35.0 Å². The van der Waals surface area contributed by atoms with Gasteiger partial charge in [0.05, 0.1) is 6.10 Å². The number of rotatable bonds is 3. The molecule has 0 N–H and O–H groups in total. The van der Waals surface area contributed by atoms with Gasteiger partial charge in [-0.15, -0.1) is 0 Å². The van der Waals surface area contributed by atoms with Crippen LogP contribution in [0.1, 0.15) is 65.5 Å². The van der Waals surface area contributed by atoms with Gasteiger partial charge in [0.25, 0.3) is 0 Å². The molecule has 28 heavy (non-hydrogen) atoms. The molecule has 0 bridgehead atoms. The second-order valence-corrected chi connectivity index (χ2v) is 12.4. The van der Waals surface area contributed by atoms with Gasteiger partial charge in [0.2, 0.25) is 0 Å². The number of fused-ring (bicyclic) bond motifs is 1. The van der Waals surface area contributed by atoms with Crippen molar-refractivity contribution in [2.45, 2.75) is 78.0 Å². The number of hydrogen-bond donors (Lipinski definition) is 0. The van der Waals surface area contributed by atoms with Crippen LogP contribution in [0.25, 0.3) is 0 Å². The van der Waals surface area contributed by atoms with E-state index in [-0.39, 0.29) is 23.4 Å². The molecule has 0 aliphatic heterocycles. The van der Waals surface area contributed by atoms with Gasteiger partial charge >= 0.3 is 0 Å². The lowest BCUT2D eigenvalue weighted by Gasteiger charge is -2.45. The highest BCUT2D eigenvalue weighted by Crippen LogP contribution is 2.52. The molecule has 0 aromatic heterocycles. The molecule has 6 atom stereocenters. The Hall–Kier alpha value is -0.430. The lowest BCUT2D eigenvalue weighted by Crippen LogP contribution is -2.46. The summed E-state index contributed by atoms with van der Waals surface area (Å²) < 4.78 is 37.5. The van der Waals surface area contributed by atoms with Crippen LogP contribution in [0.2, 0.25) is 0 Å². The molecule has 2 aliphatic carbocycles. The Bertz CT molecular complexity index is 749. The molecular formula is C22H31BrFNO2S. The van der Waals surface area contributed by atoms with E-state index in [0.29, 0.717) is 0 Å². The molecule has 3 nitrogen and oxygen atoms in total. The fourth-order valence-electron chi connectivity index (χ4n) is 4.95. The van der Waals surface area contributed by atoms with Crippen molar-refractivity contribution in [3.8, 4) is 0 Å². The smallest absolute Gasteiger partial charge is 0.196 e. The zero-order valence-electron chi connectivity index (χ0n) is 17.6. The Morgan fingerprint density at radius 3 is 2.43 bits per heavy atom. The van der Waals surface area contributed by atoms with Crippen LogP contribution in [0.3, 0.4) is 0 Å². The second-order valence-electron chi connectivity index (χ2n) is 9.57. The second kappa shape index (κ2) is 8.01. The largest absolute Gasteiger partial charge is 0.591 e. The Morgan fingerprint density at radius 1 is 1.29 bits per heavy atom. The topological polar surface area (TPSA) is 44.6 Å². The van der Waals surface area contributed by atoms with Crippen molar-refractivity contribution in [2.24, 2.45) is 21.6 Å². The number of hydrogen-bond acceptors (Lipinski definition) is 3. The number of nitrogens with zero attached hydrogens (tertiary/aromatic N) is 1. The van der Waals surface area contributed by atoms with Crippen LogP contribution in [0.4, 0.5) is 4.39 Å². The van der Waals surface area contributed by atoms with Crippen LogP contribution in [-0.2, 0) is 22.5 Å². The zero-order valence-corrected chi connectivity index (χ0v) is 20.0. The van der Waals surface area contributed by atoms with Crippen LogP contribution in [0.15, 0.2) is 27.1 Å². The SMILES string of the molecule is CC(F)O[C@H]1[C@H](C)C[C@@]2(Cc3ccc(Br)cc3/C2=N/[S@@+]([O-])C(C)(C)C)C[C@@H]1C. The van der Waals surface area contributed by atoms with Gasteiger partial charge in [0.1, 0.15) is 21.8 Å². The lowest BCUT2D eigenvalue weighted by molar-refractivity contribution is -0.135. The first-order valence-electron chi connectivity index (χ1n) is 10.0. The van der Waals surface area contributed by atoms with Gasteiger partial charge < -0.3 is 9.29 Å². The molecule has 1 fully saturated rings. The van der Waals surface area contributed by atoms with E-state index in [9.17, 15) is 8.94 Å². The third-order valence-electron chi connectivity index (χ3n) is 5.95. The summed E-state index contributed by atoms with van der Waals surface area (Å²) in [4.78, 5) is 0. The Kier molecular flexibility index (Phi) is 6.37. The molecule has 0 heterocycles. The summed E-state index contributed by atoms with van der Waals surface area (Å²) in [6.45, 7) is 11.6. The van der Waals surface area contributed by atoms with Crippen molar-refractivity contribution in [2.75, 3.05) is 0 Å². The molecule has 0 radical (unpaired) electrons. The number of alkyl halides is 1. The summed E-state index contributed by atoms with van der Waals surface area (Å²) >= 11 is 2.25. The van der Waals surface area contributed by atoms with E-state index >= 15 is 0 Å². The maximum absolute atomic E-state index is 13.5. The first-order chi connectivity index (χ1) is 12.9. The molecule has 1 aromatic rings. The van der Waals surface area contributed by atoms with Crippen molar-refractivity contribution in [3.63, 3.8) is 0 Å². The summed E-state index contributed by atoms with van der Waals surface area (Å²) in [6.07, 6.45) is 1.25. The highest BCUT2D eigenvalue weighted by atomic mass is 79.9. The predicted molar refractivity (Wildman–Crippen MR) is 118 cm³/mol. The number of halogens is 2. The standard InChI is InChI=1S/C22H31BrFNO2S/c1-13-10-22(11-14(2)19(13)27-15(3)24)12-16-7-8-17(23)9-18(16)20(22)25-28(26)21(4,5)6/h7-9,13-15,19H,10-12H2,1-6H3/b25-20-/t13-,14+,15?,19+,22+,28-/m0/s1. The van der Waals surface area contributed by atoms with Crippen molar-refractivity contribution < 1.29 is 13.7 Å². The van der Waals surface area contributed by atoms with Crippen LogP contribution in [-0.4, -0.2) is 27.5 Å². The zero-order chi connectivity index (χ0) is 20.9. The van der Waals surface area contributed by atoms with Crippen molar-refractivity contribution in [1.29, 1.82) is 0 Å². The van der Waals surface area contributed by atoms with E-state index in [1.807, 2.05) is 20.8 Å². The minimum atomic E-state index is -1.33. The highest BCUT2D eigenvalue weighted by Gasteiger charge is 2.52. The maximum atomic E-state index is 13.5. The molecule has 6 heteroatoms. The van der Waals surface area contributed by atoms with Gasteiger partial charge in [-0.3, -0.25) is 0 Å². The lowest BCUT2D eigenvalue weighted by atomic mass is 9.62. The van der Waals surface area contributed by atoms with E-state index < -0.39 is 22.5 Å². The van der Waals surface area contributed by atoms with Crippen LogP contribution in [0.5, 0.6) is 0 Å². The van der Waals surface area contributed by atoms with Crippen LogP contribution in [0, 0.1) is 17.3 Å². The fourth-order valence-corrected chi connectivity index (χ4v) is 6.05. The minimum absolute atomic E-state index is 0.101. The van der Waals surface area contributed by atoms with Gasteiger partial charge in [-0.25, -0.2) is 4.39 Å². The van der Waals surface area contributed by atoms with Crippen molar-refractivity contribution in [3.05, 3.63) is 33.8 Å². The molecule has 2 aliphatic rings. The first kappa shape index (κ1) is 22.3. The molecule has 156 valence electrons. The van der Waals surface area contributed by atoms with Crippen molar-refractivity contribution >= 4 is 33.0 Å². The molecule has 1 unspecified atom stereocenters. The van der Waals surface area contributed by atoms with Gasteiger partial charge in [-0.1, -0.05) is 40.2 Å². The Balaban J connectivity index is 2.03. The average Bonchev–Trinajstić information content (AvgIpc) is 2.83. The van der Waals surface area contributed by atoms with E-state index in [2.05, 4.69) is 48.0 Å². The minimum Gasteiger partial charge on any atom is -0.591 e.